The van der Waals surface area contributed by atoms with Crippen molar-refractivity contribution in [2.24, 2.45) is 0 Å². The summed E-state index contributed by atoms with van der Waals surface area (Å²) in [5, 5.41) is 7.67. The van der Waals surface area contributed by atoms with Gasteiger partial charge in [0.1, 0.15) is 0 Å². The molecule has 1 aromatic heterocycles. The maximum atomic E-state index is 11.7. The summed E-state index contributed by atoms with van der Waals surface area (Å²) in [7, 11) is 0. The molecule has 0 fully saturated rings. The van der Waals surface area contributed by atoms with Gasteiger partial charge in [-0.15, -0.1) is 11.3 Å². The minimum absolute atomic E-state index is 0.149. The van der Waals surface area contributed by atoms with Crippen molar-refractivity contribution < 1.29 is 14.3 Å². The second-order valence-corrected chi connectivity index (χ2v) is 5.66. The fourth-order valence-electron chi connectivity index (χ4n) is 2.06. The Labute approximate surface area is 126 Å². The van der Waals surface area contributed by atoms with Crippen molar-refractivity contribution in [1.29, 1.82) is 0 Å². The van der Waals surface area contributed by atoms with Gasteiger partial charge in [-0.05, 0) is 35.6 Å². The van der Waals surface area contributed by atoms with Crippen LogP contribution in [0.1, 0.15) is 10.4 Å². The van der Waals surface area contributed by atoms with Crippen molar-refractivity contribution in [3.05, 3.63) is 46.2 Å². The zero-order valence-corrected chi connectivity index (χ0v) is 12.2. The molecule has 0 saturated carbocycles. The highest BCUT2D eigenvalue weighted by Crippen LogP contribution is 2.32. The lowest BCUT2D eigenvalue weighted by Crippen LogP contribution is -2.35. The fourth-order valence-corrected chi connectivity index (χ4v) is 2.70. The summed E-state index contributed by atoms with van der Waals surface area (Å²) in [6.07, 6.45) is 0.753. The molecule has 0 spiro atoms. The summed E-state index contributed by atoms with van der Waals surface area (Å²) in [5.41, 5.74) is 1.11. The molecule has 3 rings (SSSR count). The van der Waals surface area contributed by atoms with Crippen LogP contribution in [0, 0.1) is 0 Å². The van der Waals surface area contributed by atoms with Crippen LogP contribution in [0.25, 0.3) is 0 Å². The highest BCUT2D eigenvalue weighted by atomic mass is 32.1. The van der Waals surface area contributed by atoms with Gasteiger partial charge in [-0.1, -0.05) is 12.1 Å². The Balaban J connectivity index is 1.40. The molecule has 2 amide bonds. The number of carbonyl (C=O) groups is 1. The van der Waals surface area contributed by atoms with E-state index in [1.165, 1.54) is 0 Å². The van der Waals surface area contributed by atoms with Crippen molar-refractivity contribution in [2.45, 2.75) is 13.0 Å². The van der Waals surface area contributed by atoms with Crippen LogP contribution < -0.4 is 20.1 Å². The number of amides is 2. The lowest BCUT2D eigenvalue weighted by atomic mass is 10.1. The van der Waals surface area contributed by atoms with Gasteiger partial charge in [0, 0.05) is 11.4 Å². The van der Waals surface area contributed by atoms with Crippen molar-refractivity contribution in [3.63, 3.8) is 0 Å². The van der Waals surface area contributed by atoms with Crippen molar-refractivity contribution in [1.82, 2.24) is 10.6 Å². The summed E-state index contributed by atoms with van der Waals surface area (Å²) in [6, 6.07) is 9.65. The lowest BCUT2D eigenvalue weighted by molar-refractivity contribution is 0.174. The zero-order chi connectivity index (χ0) is 14.5. The molecule has 1 aromatic carbocycles. The highest BCUT2D eigenvalue weighted by molar-refractivity contribution is 7.09. The molecule has 2 N–H and O–H groups in total. The van der Waals surface area contributed by atoms with E-state index < -0.39 is 0 Å². The van der Waals surface area contributed by atoms with Crippen LogP contribution in [0.2, 0.25) is 0 Å². The van der Waals surface area contributed by atoms with E-state index in [0.717, 1.165) is 28.4 Å². The van der Waals surface area contributed by atoms with Gasteiger partial charge in [0.2, 0.25) is 6.79 Å². The number of nitrogens with one attached hydrogen (secondary N) is 2. The second-order valence-electron chi connectivity index (χ2n) is 4.63. The predicted octanol–water partition coefficient (Wildman–Crippen LogP) is 2.52. The smallest absolute Gasteiger partial charge is 0.315 e. The number of hydrogen-bond acceptors (Lipinski definition) is 4. The summed E-state index contributed by atoms with van der Waals surface area (Å²) in [4.78, 5) is 12.8. The number of benzene rings is 1. The first-order valence-corrected chi connectivity index (χ1v) is 7.62. The van der Waals surface area contributed by atoms with E-state index in [0.29, 0.717) is 13.1 Å². The van der Waals surface area contributed by atoms with Crippen LogP contribution in [-0.4, -0.2) is 19.4 Å². The van der Waals surface area contributed by atoms with Crippen LogP contribution >= 0.6 is 11.3 Å². The molecule has 0 unspecified atom stereocenters. The Morgan fingerprint density at radius 2 is 2.10 bits per heavy atom. The van der Waals surface area contributed by atoms with E-state index in [9.17, 15) is 4.79 Å². The maximum Gasteiger partial charge on any atom is 0.315 e. The third-order valence-corrected chi connectivity index (χ3v) is 4.02. The maximum absolute atomic E-state index is 11.7. The largest absolute Gasteiger partial charge is 0.454 e. The van der Waals surface area contributed by atoms with E-state index in [1.807, 2.05) is 35.7 Å². The van der Waals surface area contributed by atoms with Gasteiger partial charge in [0.25, 0.3) is 0 Å². The summed E-state index contributed by atoms with van der Waals surface area (Å²) >= 11 is 1.63. The minimum Gasteiger partial charge on any atom is -0.454 e. The van der Waals surface area contributed by atoms with Gasteiger partial charge in [-0.2, -0.15) is 0 Å². The number of thiophene rings is 1. The topological polar surface area (TPSA) is 59.6 Å². The molecule has 2 heterocycles. The van der Waals surface area contributed by atoms with Crippen LogP contribution in [0.4, 0.5) is 4.79 Å². The second kappa shape index (κ2) is 6.49. The summed E-state index contributed by atoms with van der Waals surface area (Å²) in [6.45, 7) is 1.42. The third kappa shape index (κ3) is 3.66. The van der Waals surface area contributed by atoms with Gasteiger partial charge in [-0.3, -0.25) is 0 Å². The SMILES string of the molecule is O=C(NCCc1ccc2c(c1)OCO2)NCc1cccs1. The molecule has 0 aliphatic carbocycles. The Morgan fingerprint density at radius 1 is 1.19 bits per heavy atom. The number of rotatable bonds is 5. The average molecular weight is 304 g/mol. The van der Waals surface area contributed by atoms with Crippen molar-refractivity contribution in [2.75, 3.05) is 13.3 Å². The molecule has 0 atom stereocenters. The summed E-state index contributed by atoms with van der Waals surface area (Å²) in [5.74, 6) is 1.55. The molecule has 0 saturated heterocycles. The zero-order valence-electron chi connectivity index (χ0n) is 11.4. The van der Waals surface area contributed by atoms with Crippen molar-refractivity contribution >= 4 is 17.4 Å². The molecule has 110 valence electrons. The molecule has 1 aliphatic heterocycles. The molecule has 6 heteroatoms. The molecule has 5 nitrogen and oxygen atoms in total. The number of hydrogen-bond donors (Lipinski definition) is 2. The lowest BCUT2D eigenvalue weighted by Gasteiger charge is -2.07. The molecule has 0 radical (unpaired) electrons. The molecule has 21 heavy (non-hydrogen) atoms. The molecular weight excluding hydrogens is 288 g/mol. The quantitative estimate of drug-likeness (QED) is 0.892. The Morgan fingerprint density at radius 3 is 2.95 bits per heavy atom. The molecular formula is C15H16N2O3S. The third-order valence-electron chi connectivity index (χ3n) is 3.14. The van der Waals surface area contributed by atoms with E-state index in [-0.39, 0.29) is 12.8 Å². The van der Waals surface area contributed by atoms with E-state index in [2.05, 4.69) is 10.6 Å². The van der Waals surface area contributed by atoms with E-state index >= 15 is 0 Å². The highest BCUT2D eigenvalue weighted by Gasteiger charge is 2.12. The van der Waals surface area contributed by atoms with Crippen LogP contribution in [-0.2, 0) is 13.0 Å². The first-order valence-electron chi connectivity index (χ1n) is 6.74. The standard InChI is InChI=1S/C15H16N2O3S/c18-15(17-9-12-2-1-7-21-12)16-6-5-11-3-4-13-14(8-11)20-10-19-13/h1-4,7-8H,5-6,9-10H2,(H2,16,17,18). The van der Waals surface area contributed by atoms with Gasteiger partial charge in [0.15, 0.2) is 11.5 Å². The Kier molecular flexibility index (Phi) is 4.25. The predicted molar refractivity (Wildman–Crippen MR) is 80.8 cm³/mol. The number of carbonyl (C=O) groups excluding carboxylic acids is 1. The van der Waals surface area contributed by atoms with Crippen molar-refractivity contribution in [3.8, 4) is 11.5 Å². The molecule has 1 aliphatic rings. The van der Waals surface area contributed by atoms with Crippen LogP contribution in [0.15, 0.2) is 35.7 Å². The average Bonchev–Trinajstić information content (AvgIpc) is 3.16. The summed E-state index contributed by atoms with van der Waals surface area (Å²) < 4.78 is 10.6. The number of ether oxygens (including phenoxy) is 2. The van der Waals surface area contributed by atoms with Gasteiger partial charge >= 0.3 is 6.03 Å². The van der Waals surface area contributed by atoms with Crippen LogP contribution in [0.3, 0.4) is 0 Å². The normalized spacial score (nSPS) is 12.2. The first-order chi connectivity index (χ1) is 10.3. The number of fused-ring (bicyclic) bond motifs is 1. The molecule has 0 bridgehead atoms. The van der Waals surface area contributed by atoms with E-state index in [4.69, 9.17) is 9.47 Å². The molecule has 2 aromatic rings. The van der Waals surface area contributed by atoms with E-state index in [1.54, 1.807) is 11.3 Å². The monoisotopic (exact) mass is 304 g/mol. The Hall–Kier alpha value is -2.21. The van der Waals surface area contributed by atoms with Crippen LogP contribution in [0.5, 0.6) is 11.5 Å². The minimum atomic E-state index is -0.149. The Bertz CT molecular complexity index is 613. The fraction of sp³-hybridized carbons (Fsp3) is 0.267. The van der Waals surface area contributed by atoms with Gasteiger partial charge in [0.05, 0.1) is 6.54 Å². The first kappa shape index (κ1) is 13.8. The number of urea groups is 1. The van der Waals surface area contributed by atoms with Gasteiger partial charge < -0.3 is 20.1 Å². The van der Waals surface area contributed by atoms with Gasteiger partial charge in [-0.25, -0.2) is 4.79 Å².